The van der Waals surface area contributed by atoms with Gasteiger partial charge in [-0.05, 0) is 24.6 Å². The van der Waals surface area contributed by atoms with E-state index in [9.17, 15) is 9.59 Å². The molecule has 0 unspecified atom stereocenters. The summed E-state index contributed by atoms with van der Waals surface area (Å²) < 4.78 is 1.52. The number of aromatic nitrogens is 4. The highest BCUT2D eigenvalue weighted by Gasteiger charge is 2.27. The SMILES string of the molecule is Cc1ccn2c(C(=O)N[C@@H]3CC(=O)Nc4ccccc43)nnc2n1. The minimum absolute atomic E-state index is 0.137. The molecule has 4 rings (SSSR count). The average molecular weight is 322 g/mol. The van der Waals surface area contributed by atoms with Gasteiger partial charge in [0, 0.05) is 17.6 Å². The number of anilines is 1. The molecule has 2 aromatic heterocycles. The van der Waals surface area contributed by atoms with Crippen LogP contribution in [0.5, 0.6) is 0 Å². The molecule has 1 aliphatic heterocycles. The van der Waals surface area contributed by atoms with Crippen molar-refractivity contribution in [1.29, 1.82) is 0 Å². The number of amides is 2. The normalized spacial score (nSPS) is 16.5. The van der Waals surface area contributed by atoms with E-state index < -0.39 is 11.9 Å². The lowest BCUT2D eigenvalue weighted by atomic mass is 9.97. The van der Waals surface area contributed by atoms with Gasteiger partial charge in [0.25, 0.3) is 11.7 Å². The van der Waals surface area contributed by atoms with Crippen LogP contribution in [0.15, 0.2) is 36.5 Å². The molecule has 0 saturated heterocycles. The topological polar surface area (TPSA) is 101 Å². The molecule has 0 spiro atoms. The Kier molecular flexibility index (Phi) is 3.23. The number of benzene rings is 1. The van der Waals surface area contributed by atoms with Crippen LogP contribution in [0.1, 0.15) is 34.3 Å². The van der Waals surface area contributed by atoms with Crippen molar-refractivity contribution in [2.75, 3.05) is 5.32 Å². The van der Waals surface area contributed by atoms with Crippen molar-refractivity contribution < 1.29 is 9.59 Å². The largest absolute Gasteiger partial charge is 0.342 e. The van der Waals surface area contributed by atoms with E-state index in [4.69, 9.17) is 0 Å². The molecule has 8 nitrogen and oxygen atoms in total. The first-order valence-corrected chi connectivity index (χ1v) is 7.50. The van der Waals surface area contributed by atoms with Crippen LogP contribution in [0.25, 0.3) is 5.78 Å². The van der Waals surface area contributed by atoms with Gasteiger partial charge in [-0.25, -0.2) is 4.98 Å². The van der Waals surface area contributed by atoms with Gasteiger partial charge in [-0.3, -0.25) is 14.0 Å². The molecule has 2 amide bonds. The van der Waals surface area contributed by atoms with E-state index >= 15 is 0 Å². The van der Waals surface area contributed by atoms with Crippen molar-refractivity contribution in [1.82, 2.24) is 24.9 Å². The average Bonchev–Trinajstić information content (AvgIpc) is 2.97. The van der Waals surface area contributed by atoms with Crippen molar-refractivity contribution in [2.24, 2.45) is 0 Å². The van der Waals surface area contributed by atoms with E-state index in [1.165, 1.54) is 4.40 Å². The smallest absolute Gasteiger partial charge is 0.290 e. The Morgan fingerprint density at radius 2 is 2.12 bits per heavy atom. The Balaban J connectivity index is 1.65. The zero-order chi connectivity index (χ0) is 16.7. The van der Waals surface area contributed by atoms with E-state index in [0.717, 1.165) is 11.3 Å². The van der Waals surface area contributed by atoms with Crippen molar-refractivity contribution >= 4 is 23.3 Å². The molecule has 2 N–H and O–H groups in total. The molecule has 1 atom stereocenters. The minimum Gasteiger partial charge on any atom is -0.342 e. The molecule has 120 valence electrons. The Hall–Kier alpha value is -3.29. The molecule has 0 bridgehead atoms. The summed E-state index contributed by atoms with van der Waals surface area (Å²) in [6.45, 7) is 1.84. The fourth-order valence-corrected chi connectivity index (χ4v) is 2.79. The zero-order valence-electron chi connectivity index (χ0n) is 12.9. The van der Waals surface area contributed by atoms with Crippen LogP contribution in [0.4, 0.5) is 5.69 Å². The van der Waals surface area contributed by atoms with Gasteiger partial charge in [0.15, 0.2) is 0 Å². The summed E-state index contributed by atoms with van der Waals surface area (Å²) in [5.74, 6) is -0.0343. The summed E-state index contributed by atoms with van der Waals surface area (Å²) in [5.41, 5.74) is 2.37. The molecular formula is C16H14N6O2. The number of nitrogens with zero attached hydrogens (tertiary/aromatic N) is 4. The Labute approximate surface area is 136 Å². The van der Waals surface area contributed by atoms with Gasteiger partial charge in [-0.2, -0.15) is 0 Å². The molecule has 0 saturated carbocycles. The summed E-state index contributed by atoms with van der Waals surface area (Å²) in [4.78, 5) is 28.7. The molecule has 1 aromatic carbocycles. The monoisotopic (exact) mass is 322 g/mol. The number of rotatable bonds is 2. The summed E-state index contributed by atoms with van der Waals surface area (Å²) in [6.07, 6.45) is 1.88. The van der Waals surface area contributed by atoms with E-state index in [0.29, 0.717) is 11.5 Å². The quantitative estimate of drug-likeness (QED) is 0.739. The highest BCUT2D eigenvalue weighted by molar-refractivity contribution is 5.97. The third-order valence-corrected chi connectivity index (χ3v) is 3.93. The van der Waals surface area contributed by atoms with Crippen LogP contribution >= 0.6 is 0 Å². The summed E-state index contributed by atoms with van der Waals surface area (Å²) in [7, 11) is 0. The predicted molar refractivity (Wildman–Crippen MR) is 85.4 cm³/mol. The van der Waals surface area contributed by atoms with Gasteiger partial charge < -0.3 is 10.6 Å². The van der Waals surface area contributed by atoms with Crippen molar-refractivity contribution in [3.05, 3.63) is 53.6 Å². The second-order valence-electron chi connectivity index (χ2n) is 5.63. The van der Waals surface area contributed by atoms with E-state index in [1.807, 2.05) is 31.2 Å². The summed E-state index contributed by atoms with van der Waals surface area (Å²) in [6, 6.07) is 8.76. The maximum Gasteiger partial charge on any atom is 0.290 e. The Morgan fingerprint density at radius 1 is 1.29 bits per heavy atom. The first-order chi connectivity index (χ1) is 11.6. The second kappa shape index (κ2) is 5.41. The fourth-order valence-electron chi connectivity index (χ4n) is 2.79. The van der Waals surface area contributed by atoms with Crippen LogP contribution in [-0.2, 0) is 4.79 Å². The summed E-state index contributed by atoms with van der Waals surface area (Å²) >= 11 is 0. The van der Waals surface area contributed by atoms with E-state index in [-0.39, 0.29) is 18.2 Å². The molecule has 3 heterocycles. The Morgan fingerprint density at radius 3 is 3.00 bits per heavy atom. The highest BCUT2D eigenvalue weighted by atomic mass is 16.2. The fraction of sp³-hybridized carbons (Fsp3) is 0.188. The number of hydrogen-bond donors (Lipinski definition) is 2. The maximum atomic E-state index is 12.6. The molecular weight excluding hydrogens is 308 g/mol. The van der Waals surface area contributed by atoms with Gasteiger partial charge in [-0.15, -0.1) is 10.2 Å². The van der Waals surface area contributed by atoms with Gasteiger partial charge >= 0.3 is 0 Å². The minimum atomic E-state index is -0.409. The van der Waals surface area contributed by atoms with Crippen LogP contribution in [0, 0.1) is 6.92 Å². The lowest BCUT2D eigenvalue weighted by Crippen LogP contribution is -2.36. The predicted octanol–water partition coefficient (Wildman–Crippen LogP) is 1.25. The van der Waals surface area contributed by atoms with Gasteiger partial charge in [0.05, 0.1) is 12.5 Å². The Bertz CT molecular complexity index is 964. The number of carbonyl (C=O) groups is 2. The first-order valence-electron chi connectivity index (χ1n) is 7.50. The number of para-hydroxylation sites is 1. The van der Waals surface area contributed by atoms with Crippen molar-refractivity contribution in [2.45, 2.75) is 19.4 Å². The number of carbonyl (C=O) groups excluding carboxylic acids is 2. The van der Waals surface area contributed by atoms with Gasteiger partial charge in [0.2, 0.25) is 11.7 Å². The van der Waals surface area contributed by atoms with Gasteiger partial charge in [0.1, 0.15) is 0 Å². The van der Waals surface area contributed by atoms with Crippen LogP contribution in [0.3, 0.4) is 0 Å². The number of nitrogens with one attached hydrogen (secondary N) is 2. The van der Waals surface area contributed by atoms with Gasteiger partial charge in [-0.1, -0.05) is 18.2 Å². The van der Waals surface area contributed by atoms with Crippen molar-refractivity contribution in [3.8, 4) is 0 Å². The first kappa shape index (κ1) is 14.3. The third-order valence-electron chi connectivity index (χ3n) is 3.93. The third kappa shape index (κ3) is 2.37. The lowest BCUT2D eigenvalue weighted by molar-refractivity contribution is -0.116. The van der Waals surface area contributed by atoms with Crippen LogP contribution in [0.2, 0.25) is 0 Å². The highest BCUT2D eigenvalue weighted by Crippen LogP contribution is 2.30. The van der Waals surface area contributed by atoms with E-state index in [1.54, 1.807) is 12.3 Å². The summed E-state index contributed by atoms with van der Waals surface area (Å²) in [5, 5.41) is 13.5. The lowest BCUT2D eigenvalue weighted by Gasteiger charge is -2.26. The molecule has 0 aliphatic carbocycles. The molecule has 3 aromatic rings. The maximum absolute atomic E-state index is 12.6. The zero-order valence-corrected chi connectivity index (χ0v) is 12.9. The van der Waals surface area contributed by atoms with Crippen molar-refractivity contribution in [3.63, 3.8) is 0 Å². The number of aryl methyl sites for hydroxylation is 1. The molecule has 8 heteroatoms. The second-order valence-corrected chi connectivity index (χ2v) is 5.63. The number of hydrogen-bond acceptors (Lipinski definition) is 5. The van der Waals surface area contributed by atoms with Crippen LogP contribution in [-0.4, -0.2) is 31.4 Å². The standard InChI is InChI=1S/C16H14N6O2/c1-9-6-7-22-14(20-21-16(22)17-9)15(24)19-12-8-13(23)18-11-5-3-2-4-10(11)12/h2-7,12H,8H2,1H3,(H,18,23)(H,19,24)/t12-/m1/s1. The van der Waals surface area contributed by atoms with E-state index in [2.05, 4.69) is 25.8 Å². The number of fused-ring (bicyclic) bond motifs is 2. The molecule has 1 aliphatic rings. The van der Waals surface area contributed by atoms with Crippen LogP contribution < -0.4 is 10.6 Å². The molecule has 0 radical (unpaired) electrons. The molecule has 24 heavy (non-hydrogen) atoms. The molecule has 0 fully saturated rings.